The van der Waals surface area contributed by atoms with Crippen LogP contribution < -0.4 is 5.32 Å². The SMILES string of the molecule is Cc1nc(C(=O)N2CCC[C@@H](C)C2CNC(=O)c2cccc3cccnc23)c(-c2ccc(F)cc2)s1. The third-order valence-corrected chi connectivity index (χ3v) is 7.79. The molecule has 1 fully saturated rings. The van der Waals surface area contributed by atoms with Crippen molar-refractivity contribution in [3.05, 3.63) is 82.9 Å². The second kappa shape index (κ2) is 10.1. The number of hydrogen-bond donors (Lipinski definition) is 1. The zero-order valence-corrected chi connectivity index (χ0v) is 21.0. The summed E-state index contributed by atoms with van der Waals surface area (Å²) in [6.07, 6.45) is 3.54. The van der Waals surface area contributed by atoms with Crippen LogP contribution in [0.3, 0.4) is 0 Å². The minimum atomic E-state index is -0.324. The molecule has 0 saturated carbocycles. The van der Waals surface area contributed by atoms with Crippen LogP contribution in [-0.2, 0) is 0 Å². The van der Waals surface area contributed by atoms with Crippen LogP contribution in [0.5, 0.6) is 0 Å². The predicted molar refractivity (Wildman–Crippen MR) is 140 cm³/mol. The number of nitrogens with zero attached hydrogens (tertiary/aromatic N) is 3. The minimum Gasteiger partial charge on any atom is -0.350 e. The van der Waals surface area contributed by atoms with Crippen LogP contribution >= 0.6 is 11.3 Å². The van der Waals surface area contributed by atoms with E-state index in [4.69, 9.17) is 0 Å². The number of para-hydroxylation sites is 1. The van der Waals surface area contributed by atoms with Crippen molar-refractivity contribution in [2.24, 2.45) is 5.92 Å². The first-order valence-electron chi connectivity index (χ1n) is 12.1. The number of rotatable bonds is 5. The van der Waals surface area contributed by atoms with Crippen molar-refractivity contribution in [1.82, 2.24) is 20.2 Å². The summed E-state index contributed by atoms with van der Waals surface area (Å²) < 4.78 is 13.5. The van der Waals surface area contributed by atoms with E-state index in [1.165, 1.54) is 23.5 Å². The number of likely N-dealkylation sites (tertiary alicyclic amines) is 1. The number of halogens is 1. The number of carbonyl (C=O) groups is 2. The molecule has 36 heavy (non-hydrogen) atoms. The number of carbonyl (C=O) groups excluding carboxylic acids is 2. The molecule has 0 spiro atoms. The Hall–Kier alpha value is -3.65. The van der Waals surface area contributed by atoms with Gasteiger partial charge in [-0.2, -0.15) is 0 Å². The van der Waals surface area contributed by atoms with Crippen molar-refractivity contribution >= 4 is 34.1 Å². The van der Waals surface area contributed by atoms with Crippen LogP contribution in [-0.4, -0.2) is 45.8 Å². The van der Waals surface area contributed by atoms with Gasteiger partial charge in [-0.05, 0) is 55.5 Å². The molecule has 6 nitrogen and oxygen atoms in total. The van der Waals surface area contributed by atoms with Crippen molar-refractivity contribution in [1.29, 1.82) is 0 Å². The summed E-state index contributed by atoms with van der Waals surface area (Å²) in [7, 11) is 0. The molecule has 184 valence electrons. The molecule has 2 aromatic heterocycles. The lowest BCUT2D eigenvalue weighted by atomic mass is 9.90. The maximum absolute atomic E-state index is 13.8. The molecule has 2 atom stereocenters. The lowest BCUT2D eigenvalue weighted by Gasteiger charge is -2.40. The highest BCUT2D eigenvalue weighted by atomic mass is 32.1. The van der Waals surface area contributed by atoms with Gasteiger partial charge >= 0.3 is 0 Å². The smallest absolute Gasteiger partial charge is 0.274 e. The molecule has 1 aliphatic heterocycles. The normalized spacial score (nSPS) is 17.8. The van der Waals surface area contributed by atoms with E-state index in [1.807, 2.05) is 36.1 Å². The average molecular weight is 503 g/mol. The van der Waals surface area contributed by atoms with E-state index in [9.17, 15) is 14.0 Å². The van der Waals surface area contributed by atoms with Gasteiger partial charge in [-0.1, -0.05) is 37.3 Å². The van der Waals surface area contributed by atoms with Crippen LogP contribution in [0.2, 0.25) is 0 Å². The molecular formula is C28H27FN4O2S. The van der Waals surface area contributed by atoms with E-state index in [-0.39, 0.29) is 29.6 Å². The number of hydrogen-bond acceptors (Lipinski definition) is 5. The summed E-state index contributed by atoms with van der Waals surface area (Å²) in [6, 6.07) is 15.3. The predicted octanol–water partition coefficient (Wildman–Crippen LogP) is 5.48. The zero-order valence-electron chi connectivity index (χ0n) is 20.2. The number of piperidine rings is 1. The number of amides is 2. The average Bonchev–Trinajstić information content (AvgIpc) is 3.28. The fraction of sp³-hybridized carbons (Fsp3) is 0.286. The molecule has 2 aromatic carbocycles. The van der Waals surface area contributed by atoms with Gasteiger partial charge in [-0.3, -0.25) is 14.6 Å². The van der Waals surface area contributed by atoms with Crippen molar-refractivity contribution in [3.8, 4) is 10.4 Å². The lowest BCUT2D eigenvalue weighted by Crippen LogP contribution is -2.53. The topological polar surface area (TPSA) is 75.2 Å². The zero-order chi connectivity index (χ0) is 25.2. The Kier molecular flexibility index (Phi) is 6.78. The molecule has 0 aliphatic carbocycles. The van der Waals surface area contributed by atoms with Crippen molar-refractivity contribution in [2.75, 3.05) is 13.1 Å². The Labute approximate surface area is 213 Å². The summed E-state index contributed by atoms with van der Waals surface area (Å²) in [5, 5.41) is 4.73. The summed E-state index contributed by atoms with van der Waals surface area (Å²) in [6.45, 7) is 4.91. The first-order valence-corrected chi connectivity index (χ1v) is 12.9. The molecule has 1 saturated heterocycles. The number of fused-ring (bicyclic) bond motifs is 1. The quantitative estimate of drug-likeness (QED) is 0.392. The van der Waals surface area contributed by atoms with E-state index < -0.39 is 0 Å². The van der Waals surface area contributed by atoms with Crippen LogP contribution in [0.15, 0.2) is 60.8 Å². The Morgan fingerprint density at radius 1 is 1.14 bits per heavy atom. The summed E-state index contributed by atoms with van der Waals surface area (Å²) in [5.74, 6) is -0.477. The van der Waals surface area contributed by atoms with Gasteiger partial charge in [-0.25, -0.2) is 9.37 Å². The standard InChI is InChI=1S/C28H27FN4O2S/c1-17-6-5-15-33(28(35)25-26(36-18(2)32-25)20-10-12-21(29)13-11-20)23(17)16-31-27(34)22-9-3-7-19-8-4-14-30-24(19)22/h3-4,7-14,17,23H,5-6,15-16H2,1-2H3,(H,31,34)/t17-,23?/m1/s1. The molecule has 0 bridgehead atoms. The van der Waals surface area contributed by atoms with Crippen LogP contribution in [0.25, 0.3) is 21.3 Å². The molecule has 1 aliphatic rings. The molecule has 3 heterocycles. The Bertz CT molecular complexity index is 1410. The van der Waals surface area contributed by atoms with Gasteiger partial charge in [0.2, 0.25) is 0 Å². The number of aromatic nitrogens is 2. The highest BCUT2D eigenvalue weighted by Gasteiger charge is 2.35. The fourth-order valence-electron chi connectivity index (χ4n) is 4.90. The highest BCUT2D eigenvalue weighted by molar-refractivity contribution is 7.15. The van der Waals surface area contributed by atoms with E-state index in [1.54, 1.807) is 24.4 Å². The largest absolute Gasteiger partial charge is 0.350 e. The Balaban J connectivity index is 1.38. The van der Waals surface area contributed by atoms with Gasteiger partial charge in [-0.15, -0.1) is 11.3 Å². The maximum atomic E-state index is 13.8. The minimum absolute atomic E-state index is 0.156. The van der Waals surface area contributed by atoms with Gasteiger partial charge in [0.1, 0.15) is 11.5 Å². The molecule has 2 amide bonds. The highest BCUT2D eigenvalue weighted by Crippen LogP contribution is 2.33. The summed E-state index contributed by atoms with van der Waals surface area (Å²) in [4.78, 5) is 38.4. The second-order valence-corrected chi connectivity index (χ2v) is 10.4. The van der Waals surface area contributed by atoms with Crippen LogP contribution in [0, 0.1) is 18.7 Å². The second-order valence-electron chi connectivity index (χ2n) is 9.19. The van der Waals surface area contributed by atoms with Gasteiger partial charge in [0.05, 0.1) is 27.0 Å². The number of benzene rings is 2. The molecule has 1 unspecified atom stereocenters. The van der Waals surface area contributed by atoms with E-state index in [2.05, 4.69) is 22.2 Å². The molecule has 1 N–H and O–H groups in total. The van der Waals surface area contributed by atoms with Gasteiger partial charge in [0.15, 0.2) is 0 Å². The number of pyridine rings is 1. The van der Waals surface area contributed by atoms with Crippen LogP contribution in [0.1, 0.15) is 45.6 Å². The maximum Gasteiger partial charge on any atom is 0.274 e. The van der Waals surface area contributed by atoms with Crippen LogP contribution in [0.4, 0.5) is 4.39 Å². The fourth-order valence-corrected chi connectivity index (χ4v) is 5.81. The Morgan fingerprint density at radius 2 is 1.92 bits per heavy atom. The molecule has 8 heteroatoms. The Morgan fingerprint density at radius 3 is 2.72 bits per heavy atom. The molecular weight excluding hydrogens is 475 g/mol. The number of nitrogens with one attached hydrogen (secondary N) is 1. The van der Waals surface area contributed by atoms with Crippen molar-refractivity contribution in [3.63, 3.8) is 0 Å². The monoisotopic (exact) mass is 502 g/mol. The van der Waals surface area contributed by atoms with Crippen molar-refractivity contribution in [2.45, 2.75) is 32.7 Å². The molecule has 5 rings (SSSR count). The van der Waals surface area contributed by atoms with Gasteiger partial charge in [0.25, 0.3) is 11.8 Å². The molecule has 4 aromatic rings. The van der Waals surface area contributed by atoms with Gasteiger partial charge in [0, 0.05) is 24.7 Å². The third kappa shape index (κ3) is 4.73. The van der Waals surface area contributed by atoms with Gasteiger partial charge < -0.3 is 10.2 Å². The van der Waals surface area contributed by atoms with Crippen molar-refractivity contribution < 1.29 is 14.0 Å². The number of aryl methyl sites for hydroxylation is 1. The van der Waals surface area contributed by atoms with E-state index in [0.29, 0.717) is 29.9 Å². The first-order chi connectivity index (χ1) is 17.4. The number of thiazole rings is 1. The first kappa shape index (κ1) is 24.1. The summed E-state index contributed by atoms with van der Waals surface area (Å²) in [5.41, 5.74) is 2.32. The molecule has 0 radical (unpaired) electrons. The van der Waals surface area contributed by atoms with E-state index >= 15 is 0 Å². The van der Waals surface area contributed by atoms with E-state index in [0.717, 1.165) is 33.7 Å². The lowest BCUT2D eigenvalue weighted by molar-refractivity contribution is 0.0503. The summed E-state index contributed by atoms with van der Waals surface area (Å²) >= 11 is 1.43. The third-order valence-electron chi connectivity index (χ3n) is 6.77.